The van der Waals surface area contributed by atoms with Gasteiger partial charge in [-0.05, 0) is 49.9 Å². The Morgan fingerprint density at radius 3 is 2.52 bits per heavy atom. The Morgan fingerprint density at radius 1 is 1.11 bits per heavy atom. The minimum Gasteiger partial charge on any atom is -0.490 e. The number of H-pyrrole nitrogens is 1. The molecule has 1 fully saturated rings. The van der Waals surface area contributed by atoms with Crippen LogP contribution in [0.2, 0.25) is 0 Å². The maximum atomic E-state index is 13.1. The molecule has 1 aromatic carbocycles. The first-order valence-electron chi connectivity index (χ1n) is 8.71. The van der Waals surface area contributed by atoms with Gasteiger partial charge in [-0.15, -0.1) is 0 Å². The molecule has 2 aromatic rings. The van der Waals surface area contributed by atoms with E-state index < -0.39 is 23.2 Å². The van der Waals surface area contributed by atoms with E-state index >= 15 is 0 Å². The number of ether oxygens (including phenoxy) is 1. The third kappa shape index (κ3) is 4.90. The largest absolute Gasteiger partial charge is 0.490 e. The van der Waals surface area contributed by atoms with Gasteiger partial charge in [0, 0.05) is 18.0 Å². The number of amides is 1. The van der Waals surface area contributed by atoms with Gasteiger partial charge in [0.1, 0.15) is 5.75 Å². The Morgan fingerprint density at radius 2 is 1.85 bits per heavy atom. The summed E-state index contributed by atoms with van der Waals surface area (Å²) in [7, 11) is 0. The molecule has 3 rings (SSSR count). The van der Waals surface area contributed by atoms with E-state index in [1.165, 1.54) is 18.3 Å². The van der Waals surface area contributed by atoms with E-state index in [-0.39, 0.29) is 23.1 Å². The molecule has 144 valence electrons. The van der Waals surface area contributed by atoms with Gasteiger partial charge in [-0.3, -0.25) is 9.59 Å². The summed E-state index contributed by atoms with van der Waals surface area (Å²) in [5.41, 5.74) is -1.04. The van der Waals surface area contributed by atoms with Crippen LogP contribution in [0.15, 0.2) is 41.3 Å². The van der Waals surface area contributed by atoms with E-state index in [0.29, 0.717) is 0 Å². The Bertz CT molecular complexity index is 871. The van der Waals surface area contributed by atoms with Crippen molar-refractivity contribution in [2.24, 2.45) is 0 Å². The summed E-state index contributed by atoms with van der Waals surface area (Å²) in [6, 6.07) is 5.47. The highest BCUT2D eigenvalue weighted by atomic mass is 19.4. The quantitative estimate of drug-likeness (QED) is 0.828. The number of carbonyl (C=O) groups excluding carboxylic acids is 1. The summed E-state index contributed by atoms with van der Waals surface area (Å²) in [6.07, 6.45) is 1.05. The lowest BCUT2D eigenvalue weighted by Crippen LogP contribution is -2.23. The Balaban J connectivity index is 1.89. The fourth-order valence-electron chi connectivity index (χ4n) is 3.07. The Kier molecular flexibility index (Phi) is 5.53. The van der Waals surface area contributed by atoms with E-state index in [1.807, 2.05) is 0 Å². The number of hydrogen-bond donors (Lipinski definition) is 2. The first kappa shape index (κ1) is 19.0. The molecule has 0 radical (unpaired) electrons. The van der Waals surface area contributed by atoms with E-state index in [2.05, 4.69) is 10.3 Å². The van der Waals surface area contributed by atoms with Crippen LogP contribution in [0.1, 0.15) is 48.0 Å². The van der Waals surface area contributed by atoms with E-state index in [4.69, 9.17) is 4.74 Å². The van der Waals surface area contributed by atoms with Crippen LogP contribution < -0.4 is 15.6 Å². The zero-order chi connectivity index (χ0) is 19.4. The second kappa shape index (κ2) is 7.85. The molecule has 1 saturated carbocycles. The van der Waals surface area contributed by atoms with Crippen molar-refractivity contribution >= 4 is 11.6 Å². The predicted octanol–water partition coefficient (Wildman–Crippen LogP) is 4.36. The van der Waals surface area contributed by atoms with Crippen LogP contribution in [-0.4, -0.2) is 17.0 Å². The molecule has 0 saturated heterocycles. The van der Waals surface area contributed by atoms with E-state index in [9.17, 15) is 22.8 Å². The van der Waals surface area contributed by atoms with Gasteiger partial charge < -0.3 is 15.0 Å². The average molecular weight is 380 g/mol. The molecule has 1 heterocycles. The van der Waals surface area contributed by atoms with Gasteiger partial charge in [-0.2, -0.15) is 13.2 Å². The molecule has 0 unspecified atom stereocenters. The maximum absolute atomic E-state index is 13.1. The number of rotatable bonds is 4. The third-order valence-electron chi connectivity index (χ3n) is 4.43. The molecule has 0 spiro atoms. The highest BCUT2D eigenvalue weighted by Gasteiger charge is 2.32. The van der Waals surface area contributed by atoms with Gasteiger partial charge >= 0.3 is 6.18 Å². The SMILES string of the molecule is O=C(Nc1cc[nH]c(=O)c1)c1ccc(C(F)(F)F)cc1OC1CCCCC1. The number of alkyl halides is 3. The molecule has 1 aliphatic carbocycles. The van der Waals surface area contributed by atoms with Crippen molar-refractivity contribution in [1.82, 2.24) is 4.98 Å². The van der Waals surface area contributed by atoms with Crippen molar-refractivity contribution in [3.63, 3.8) is 0 Å². The standard InChI is InChI=1S/C19H19F3N2O3/c20-19(21,22)12-6-7-15(16(10-12)27-14-4-2-1-3-5-14)18(26)24-13-8-9-23-17(25)11-13/h6-11,14H,1-5H2,(H2,23,24,25,26). The van der Waals surface area contributed by atoms with Crippen LogP contribution in [0, 0.1) is 0 Å². The second-order valence-electron chi connectivity index (χ2n) is 6.48. The van der Waals surface area contributed by atoms with Gasteiger partial charge in [-0.1, -0.05) is 6.42 Å². The van der Waals surface area contributed by atoms with Gasteiger partial charge in [-0.25, -0.2) is 0 Å². The summed E-state index contributed by atoms with van der Waals surface area (Å²) < 4.78 is 45.0. The molecule has 2 N–H and O–H groups in total. The number of halogens is 3. The fourth-order valence-corrected chi connectivity index (χ4v) is 3.07. The summed E-state index contributed by atoms with van der Waals surface area (Å²) in [5, 5.41) is 2.51. The highest BCUT2D eigenvalue weighted by molar-refractivity contribution is 6.06. The lowest BCUT2D eigenvalue weighted by molar-refractivity contribution is -0.137. The normalized spacial score (nSPS) is 15.4. The van der Waals surface area contributed by atoms with Crippen molar-refractivity contribution in [1.29, 1.82) is 0 Å². The van der Waals surface area contributed by atoms with Crippen molar-refractivity contribution in [3.05, 3.63) is 58.0 Å². The summed E-state index contributed by atoms with van der Waals surface area (Å²) in [4.78, 5) is 26.3. The van der Waals surface area contributed by atoms with Crippen LogP contribution >= 0.6 is 0 Å². The zero-order valence-corrected chi connectivity index (χ0v) is 14.4. The molecule has 8 heteroatoms. The van der Waals surface area contributed by atoms with Gasteiger partial charge in [0.05, 0.1) is 17.2 Å². The molecule has 27 heavy (non-hydrogen) atoms. The molecule has 0 atom stereocenters. The lowest BCUT2D eigenvalue weighted by atomic mass is 9.97. The Labute approximate surface area is 153 Å². The molecule has 5 nitrogen and oxygen atoms in total. The van der Waals surface area contributed by atoms with Crippen molar-refractivity contribution in [3.8, 4) is 5.75 Å². The summed E-state index contributed by atoms with van der Waals surface area (Å²) in [6.45, 7) is 0. The third-order valence-corrected chi connectivity index (χ3v) is 4.43. The number of aromatic nitrogens is 1. The lowest BCUT2D eigenvalue weighted by Gasteiger charge is -2.24. The number of nitrogens with one attached hydrogen (secondary N) is 2. The van der Waals surface area contributed by atoms with Crippen molar-refractivity contribution in [2.75, 3.05) is 5.32 Å². The number of benzene rings is 1. The van der Waals surface area contributed by atoms with Crippen molar-refractivity contribution < 1.29 is 22.7 Å². The van der Waals surface area contributed by atoms with Gasteiger partial charge in [0.2, 0.25) is 5.56 Å². The smallest absolute Gasteiger partial charge is 0.416 e. The van der Waals surface area contributed by atoms with Crippen LogP contribution in [0.3, 0.4) is 0 Å². The van der Waals surface area contributed by atoms with Crippen LogP contribution in [0.4, 0.5) is 18.9 Å². The van der Waals surface area contributed by atoms with Crippen LogP contribution in [0.5, 0.6) is 5.75 Å². The number of hydrogen-bond acceptors (Lipinski definition) is 3. The zero-order valence-electron chi connectivity index (χ0n) is 14.4. The summed E-state index contributed by atoms with van der Waals surface area (Å²) in [5.74, 6) is -0.737. The van der Waals surface area contributed by atoms with E-state index in [1.54, 1.807) is 0 Å². The minimum absolute atomic E-state index is 0.00569. The van der Waals surface area contributed by atoms with E-state index in [0.717, 1.165) is 50.3 Å². The number of aromatic amines is 1. The van der Waals surface area contributed by atoms with Crippen LogP contribution in [0.25, 0.3) is 0 Å². The van der Waals surface area contributed by atoms with Crippen LogP contribution in [-0.2, 0) is 6.18 Å². The topological polar surface area (TPSA) is 71.2 Å². The number of carbonyl (C=O) groups is 1. The van der Waals surface area contributed by atoms with Crippen molar-refractivity contribution in [2.45, 2.75) is 44.4 Å². The number of anilines is 1. The molecular weight excluding hydrogens is 361 g/mol. The molecule has 0 bridgehead atoms. The maximum Gasteiger partial charge on any atom is 0.416 e. The molecule has 0 aliphatic heterocycles. The number of pyridine rings is 1. The monoisotopic (exact) mass is 380 g/mol. The molecule has 1 aromatic heterocycles. The molecule has 1 aliphatic rings. The van der Waals surface area contributed by atoms with Gasteiger partial charge in [0.15, 0.2) is 0 Å². The first-order valence-corrected chi connectivity index (χ1v) is 8.71. The minimum atomic E-state index is -4.54. The fraction of sp³-hybridized carbons (Fsp3) is 0.368. The Hall–Kier alpha value is -2.77. The summed E-state index contributed by atoms with van der Waals surface area (Å²) >= 11 is 0. The predicted molar refractivity (Wildman–Crippen MR) is 94.0 cm³/mol. The highest BCUT2D eigenvalue weighted by Crippen LogP contribution is 2.35. The molecule has 1 amide bonds. The molecular formula is C19H19F3N2O3. The van der Waals surface area contributed by atoms with Gasteiger partial charge in [0.25, 0.3) is 5.91 Å². The second-order valence-corrected chi connectivity index (χ2v) is 6.48. The average Bonchev–Trinajstić information content (AvgIpc) is 2.62. The first-order chi connectivity index (χ1) is 12.8.